The maximum Gasteiger partial charge on any atom is 0.338 e. The van der Waals surface area contributed by atoms with Gasteiger partial charge < -0.3 is 29.2 Å². The zero-order chi connectivity index (χ0) is 29.5. The summed E-state index contributed by atoms with van der Waals surface area (Å²) in [5.74, 6) is -0.556. The van der Waals surface area contributed by atoms with Crippen LogP contribution in [0.1, 0.15) is 50.4 Å². The fraction of sp³-hybridized carbons (Fsp3) is 0.424. The summed E-state index contributed by atoms with van der Waals surface area (Å²) >= 11 is 0. The second kappa shape index (κ2) is 13.9. The minimum absolute atomic E-state index is 0.281. The number of ether oxygens (including phenoxy) is 3. The molecule has 0 aliphatic carbocycles. The van der Waals surface area contributed by atoms with E-state index in [9.17, 15) is 19.8 Å². The lowest BCUT2D eigenvalue weighted by atomic mass is 9.89. The Labute approximate surface area is 243 Å². The van der Waals surface area contributed by atoms with E-state index >= 15 is 0 Å². The number of carbonyl (C=O) groups excluding carboxylic acids is 1. The topological polar surface area (TPSA) is 105 Å². The summed E-state index contributed by atoms with van der Waals surface area (Å²) < 4.78 is 18.5. The monoisotopic (exact) mass is 578 g/mol. The molecule has 0 bridgehead atoms. The minimum Gasteiger partial charge on any atom is -0.453 e. The molecule has 3 unspecified atom stereocenters. The van der Waals surface area contributed by atoms with Crippen molar-refractivity contribution in [1.29, 1.82) is 0 Å². The summed E-state index contributed by atoms with van der Waals surface area (Å²) in [5.41, 5.74) is 0.371. The lowest BCUT2D eigenvalue weighted by Crippen LogP contribution is -2.67. The molecule has 0 saturated carbocycles. The van der Waals surface area contributed by atoms with E-state index in [4.69, 9.17) is 14.2 Å². The van der Waals surface area contributed by atoms with Gasteiger partial charge in [0.15, 0.2) is 6.10 Å². The van der Waals surface area contributed by atoms with Crippen molar-refractivity contribution < 1.29 is 34.0 Å². The molecule has 3 aromatic rings. The Morgan fingerprint density at radius 2 is 1.41 bits per heavy atom. The summed E-state index contributed by atoms with van der Waals surface area (Å²) in [6.07, 6.45) is -2.86. The van der Waals surface area contributed by atoms with Crippen LogP contribution in [0.3, 0.4) is 0 Å². The first-order valence-electron chi connectivity index (χ1n) is 14.4. The number of hydrogen-bond donors (Lipinski definition) is 3. The van der Waals surface area contributed by atoms with Gasteiger partial charge in [-0.2, -0.15) is 0 Å². The Morgan fingerprint density at radius 1 is 0.878 bits per heavy atom. The summed E-state index contributed by atoms with van der Waals surface area (Å²) in [6, 6.07) is 28.0. The second-order valence-electron chi connectivity index (χ2n) is 11.3. The van der Waals surface area contributed by atoms with Gasteiger partial charge in [-0.25, -0.2) is 4.79 Å². The van der Waals surface area contributed by atoms with Crippen LogP contribution in [0.25, 0.3) is 0 Å². The number of aliphatic hydroxyl groups is 2. The van der Waals surface area contributed by atoms with Crippen molar-refractivity contribution in [1.82, 2.24) is 0 Å². The van der Waals surface area contributed by atoms with Crippen LogP contribution in [-0.2, 0) is 14.2 Å². The molecule has 8 heteroatoms. The molecule has 1 aliphatic rings. The third-order valence-corrected chi connectivity index (χ3v) is 12.6. The third-order valence-electron chi connectivity index (χ3n) is 8.07. The fourth-order valence-corrected chi connectivity index (χ4v) is 9.48. The zero-order valence-electron chi connectivity index (χ0n) is 24.1. The van der Waals surface area contributed by atoms with Gasteiger partial charge in [-0.1, -0.05) is 106 Å². The Bertz CT molecular complexity index is 1180. The molecule has 3 N–H and O–H groups in total. The van der Waals surface area contributed by atoms with Gasteiger partial charge in [-0.15, -0.1) is 0 Å². The smallest absolute Gasteiger partial charge is 0.338 e. The van der Waals surface area contributed by atoms with Gasteiger partial charge >= 0.3 is 5.97 Å². The van der Waals surface area contributed by atoms with E-state index in [0.29, 0.717) is 12.2 Å². The molecule has 3 aromatic carbocycles. The van der Waals surface area contributed by atoms with Crippen molar-refractivity contribution in [3.63, 3.8) is 0 Å². The van der Waals surface area contributed by atoms with Crippen molar-refractivity contribution in [3.8, 4) is 0 Å². The van der Waals surface area contributed by atoms with Crippen LogP contribution in [0.5, 0.6) is 0 Å². The number of unbranched alkanes of at least 4 members (excludes halogenated alkanes) is 1. The summed E-state index contributed by atoms with van der Waals surface area (Å²) in [6.45, 7) is 5.98. The van der Waals surface area contributed by atoms with Gasteiger partial charge in [-0.05, 0) is 40.4 Å². The molecule has 0 spiro atoms. The van der Waals surface area contributed by atoms with Gasteiger partial charge in [0.05, 0.1) is 18.3 Å². The molecule has 5 atom stereocenters. The quantitative estimate of drug-likeness (QED) is 0.172. The maximum absolute atomic E-state index is 13.3. The average molecular weight is 579 g/mol. The first-order valence-corrected chi connectivity index (χ1v) is 16.3. The predicted octanol–water partition coefficient (Wildman–Crippen LogP) is 3.44. The third kappa shape index (κ3) is 6.80. The molecule has 1 saturated heterocycles. The van der Waals surface area contributed by atoms with Crippen molar-refractivity contribution in [3.05, 3.63) is 96.6 Å². The average Bonchev–Trinajstić information content (AvgIpc) is 3.00. The highest BCUT2D eigenvalue weighted by Crippen LogP contribution is 2.43. The molecule has 1 aliphatic heterocycles. The summed E-state index contributed by atoms with van der Waals surface area (Å²) in [4.78, 5) is 26.0. The van der Waals surface area contributed by atoms with Crippen LogP contribution in [0.2, 0.25) is 5.04 Å². The van der Waals surface area contributed by atoms with E-state index in [0.717, 1.165) is 23.2 Å². The molecule has 1 fully saturated rings. The molecular weight excluding hydrogens is 536 g/mol. The molecule has 0 amide bonds. The van der Waals surface area contributed by atoms with Crippen LogP contribution in [-0.4, -0.2) is 73.0 Å². The molecule has 1 heterocycles. The molecule has 0 radical (unpaired) electrons. The molecular formula is C33H42O7Si. The van der Waals surface area contributed by atoms with Crippen LogP contribution < -0.4 is 10.4 Å². The zero-order valence-corrected chi connectivity index (χ0v) is 25.1. The Kier molecular flexibility index (Phi) is 10.5. The van der Waals surface area contributed by atoms with E-state index < -0.39 is 56.5 Å². The van der Waals surface area contributed by atoms with Gasteiger partial charge in [0.2, 0.25) is 0 Å². The number of aliphatic hydroxyl groups excluding tert-OH is 2. The van der Waals surface area contributed by atoms with Crippen molar-refractivity contribution >= 4 is 24.7 Å². The highest BCUT2D eigenvalue weighted by Gasteiger charge is 2.55. The summed E-state index contributed by atoms with van der Waals surface area (Å²) in [5, 5.41) is 22.3. The van der Waals surface area contributed by atoms with Crippen LogP contribution in [0, 0.1) is 0 Å². The number of esters is 1. The van der Waals surface area contributed by atoms with Gasteiger partial charge in [0.1, 0.15) is 18.3 Å². The maximum atomic E-state index is 13.3. The molecule has 4 rings (SSSR count). The van der Waals surface area contributed by atoms with E-state index in [-0.39, 0.29) is 6.42 Å². The normalized spacial score (nSPS) is 23.2. The molecule has 0 aromatic heterocycles. The van der Waals surface area contributed by atoms with E-state index in [1.54, 1.807) is 24.3 Å². The highest BCUT2D eigenvalue weighted by atomic mass is 28.4. The number of carbonyl (C=O) groups is 1. The lowest BCUT2D eigenvalue weighted by molar-refractivity contribution is -0.243. The van der Waals surface area contributed by atoms with Crippen molar-refractivity contribution in [2.24, 2.45) is 0 Å². The van der Waals surface area contributed by atoms with Crippen molar-refractivity contribution in [2.45, 2.75) is 75.6 Å². The molecule has 220 valence electrons. The van der Waals surface area contributed by atoms with Crippen molar-refractivity contribution in [2.75, 3.05) is 13.2 Å². The number of benzene rings is 3. The lowest BCUT2D eigenvalue weighted by Gasteiger charge is -2.48. The van der Waals surface area contributed by atoms with E-state index in [2.05, 4.69) is 0 Å². The van der Waals surface area contributed by atoms with Crippen LogP contribution in [0.4, 0.5) is 0 Å². The number of rotatable bonds is 12. The van der Waals surface area contributed by atoms with Gasteiger partial charge in [0, 0.05) is 6.61 Å². The Hall–Kier alpha value is -2.85. The van der Waals surface area contributed by atoms with Gasteiger partial charge in [0.25, 0.3) is 8.32 Å². The standard InChI is InChI=1S/C33H42O7Si/c1-4-5-21-38-31-29(35)28(23-34)39-27(30(31)40-32(36)24-15-9-6-10-16-24)22-33(2,3)41(37,25-17-11-7-12-18-25)26-19-13-8-14-20-26/h6-20,27-31,34-35,37H,4-5,21-23H2,1-3H3/t27-,28?,29+,30?,31?/m0/s1. The Morgan fingerprint density at radius 3 is 1.93 bits per heavy atom. The molecule has 41 heavy (non-hydrogen) atoms. The Balaban J connectivity index is 1.74. The summed E-state index contributed by atoms with van der Waals surface area (Å²) in [7, 11) is -3.44. The van der Waals surface area contributed by atoms with E-state index in [1.165, 1.54) is 0 Å². The largest absolute Gasteiger partial charge is 0.453 e. The first kappa shape index (κ1) is 31.1. The van der Waals surface area contributed by atoms with Crippen LogP contribution >= 0.6 is 0 Å². The minimum atomic E-state index is -3.44. The predicted molar refractivity (Wildman–Crippen MR) is 161 cm³/mol. The van der Waals surface area contributed by atoms with Crippen LogP contribution in [0.15, 0.2) is 91.0 Å². The molecule has 7 nitrogen and oxygen atoms in total. The number of hydrogen-bond acceptors (Lipinski definition) is 7. The fourth-order valence-electron chi connectivity index (χ4n) is 5.74. The van der Waals surface area contributed by atoms with Gasteiger partial charge in [-0.3, -0.25) is 0 Å². The highest BCUT2D eigenvalue weighted by molar-refractivity contribution is 6.98. The SMILES string of the molecule is CCCCOC1C(OC(=O)c2ccccc2)[C@H](CC(C)(C)[Si](O)(c2ccccc2)c2ccccc2)OC(CO)[C@H]1O. The second-order valence-corrected chi connectivity index (χ2v) is 15.3. The van der Waals surface area contributed by atoms with E-state index in [1.807, 2.05) is 87.5 Å². The first-order chi connectivity index (χ1) is 19.7.